The molecule has 1 unspecified atom stereocenters. The van der Waals surface area contributed by atoms with E-state index in [1.54, 1.807) is 24.1 Å². The molecule has 0 saturated carbocycles. The van der Waals surface area contributed by atoms with E-state index in [1.807, 2.05) is 18.2 Å². The molecule has 0 amide bonds. The van der Waals surface area contributed by atoms with Crippen molar-refractivity contribution in [2.75, 3.05) is 13.7 Å². The fourth-order valence-electron chi connectivity index (χ4n) is 2.34. The van der Waals surface area contributed by atoms with Gasteiger partial charge in [0.1, 0.15) is 11.8 Å². The van der Waals surface area contributed by atoms with Gasteiger partial charge in [-0.1, -0.05) is 13.0 Å². The molecule has 1 aromatic carbocycles. The third-order valence-electron chi connectivity index (χ3n) is 3.21. The maximum Gasteiger partial charge on any atom is 0.217 e. The Bertz CT molecular complexity index is 627. The van der Waals surface area contributed by atoms with Crippen LogP contribution in [0.2, 0.25) is 0 Å². The summed E-state index contributed by atoms with van der Waals surface area (Å²) < 4.78 is 7.25. The Balaban J connectivity index is 2.61. The van der Waals surface area contributed by atoms with Crippen molar-refractivity contribution >= 4 is 0 Å². The molecule has 1 heterocycles. The van der Waals surface area contributed by atoms with Crippen molar-refractivity contribution in [2.24, 2.45) is 0 Å². The predicted molar refractivity (Wildman–Crippen MR) is 76.9 cm³/mol. The second kappa shape index (κ2) is 6.22. The predicted octanol–water partition coefficient (Wildman–Crippen LogP) is 2.42. The normalized spacial score (nSPS) is 11.9. The van der Waals surface area contributed by atoms with E-state index in [-0.39, 0.29) is 6.04 Å². The maximum atomic E-state index is 9.15. The van der Waals surface area contributed by atoms with Gasteiger partial charge in [0.2, 0.25) is 5.82 Å². The molecule has 0 bridgehead atoms. The summed E-state index contributed by atoms with van der Waals surface area (Å²) in [4.78, 5) is 4.05. The molecule has 1 N–H and O–H groups in total. The number of hydrogen-bond acceptors (Lipinski definition) is 4. The van der Waals surface area contributed by atoms with Crippen molar-refractivity contribution in [3.05, 3.63) is 42.0 Å². The Kier molecular flexibility index (Phi) is 4.38. The lowest BCUT2D eigenvalue weighted by Crippen LogP contribution is -2.20. The van der Waals surface area contributed by atoms with Gasteiger partial charge in [-0.25, -0.2) is 4.98 Å². The first-order valence-electron chi connectivity index (χ1n) is 6.57. The molecule has 5 heteroatoms. The Hall–Kier alpha value is -2.32. The number of nitrogens with one attached hydrogen (secondary N) is 1. The lowest BCUT2D eigenvalue weighted by Gasteiger charge is -2.21. The van der Waals surface area contributed by atoms with Crippen molar-refractivity contribution in [1.82, 2.24) is 14.9 Å². The van der Waals surface area contributed by atoms with Crippen LogP contribution in [-0.2, 0) is 0 Å². The van der Waals surface area contributed by atoms with Gasteiger partial charge in [0.05, 0.1) is 12.8 Å². The molecule has 2 aromatic rings. The first-order chi connectivity index (χ1) is 9.72. The quantitative estimate of drug-likeness (QED) is 0.906. The molecule has 0 fully saturated rings. The van der Waals surface area contributed by atoms with E-state index in [4.69, 9.17) is 10.00 Å². The van der Waals surface area contributed by atoms with Gasteiger partial charge in [0.15, 0.2) is 0 Å². The molecule has 0 aliphatic carbocycles. The standard InChI is InChI=1S/C15H18N4O/c1-4-17-11(2)15-12(6-5-7-13(15)20-3)19-9-8-18-14(19)10-16/h5-9,11,17H,4H2,1-3H3. The fourth-order valence-corrected chi connectivity index (χ4v) is 2.34. The van der Waals surface area contributed by atoms with Crippen LogP contribution in [0.3, 0.4) is 0 Å². The number of imidazole rings is 1. The first-order valence-corrected chi connectivity index (χ1v) is 6.57. The van der Waals surface area contributed by atoms with Gasteiger partial charge in [0, 0.05) is 24.0 Å². The van der Waals surface area contributed by atoms with E-state index in [1.165, 1.54) is 0 Å². The fraction of sp³-hybridized carbons (Fsp3) is 0.333. The minimum Gasteiger partial charge on any atom is -0.496 e. The molecular formula is C15H18N4O. The maximum absolute atomic E-state index is 9.15. The third-order valence-corrected chi connectivity index (χ3v) is 3.21. The molecule has 2 rings (SSSR count). The number of ether oxygens (including phenoxy) is 1. The lowest BCUT2D eigenvalue weighted by molar-refractivity contribution is 0.402. The summed E-state index contributed by atoms with van der Waals surface area (Å²) in [7, 11) is 1.65. The SMILES string of the molecule is CCNC(C)c1c(OC)cccc1-n1ccnc1C#N. The zero-order valence-electron chi connectivity index (χ0n) is 11.9. The topological polar surface area (TPSA) is 62.9 Å². The summed E-state index contributed by atoms with van der Waals surface area (Å²) in [6.07, 6.45) is 3.41. The highest BCUT2D eigenvalue weighted by Gasteiger charge is 2.18. The number of aromatic nitrogens is 2. The average Bonchev–Trinajstić information content (AvgIpc) is 2.94. The van der Waals surface area contributed by atoms with Gasteiger partial charge < -0.3 is 10.1 Å². The zero-order chi connectivity index (χ0) is 14.5. The number of benzene rings is 1. The van der Waals surface area contributed by atoms with Gasteiger partial charge in [-0.2, -0.15) is 5.26 Å². The third kappa shape index (κ3) is 2.51. The van der Waals surface area contributed by atoms with Crippen LogP contribution in [0.25, 0.3) is 5.69 Å². The molecule has 20 heavy (non-hydrogen) atoms. The van der Waals surface area contributed by atoms with Gasteiger partial charge in [-0.05, 0) is 25.6 Å². The summed E-state index contributed by atoms with van der Waals surface area (Å²) in [5, 5.41) is 12.5. The summed E-state index contributed by atoms with van der Waals surface area (Å²) in [6, 6.07) is 8.02. The molecule has 0 aliphatic rings. The van der Waals surface area contributed by atoms with Crippen molar-refractivity contribution < 1.29 is 4.74 Å². The highest BCUT2D eigenvalue weighted by atomic mass is 16.5. The summed E-state index contributed by atoms with van der Waals surface area (Å²) in [5.74, 6) is 1.16. The number of nitriles is 1. The van der Waals surface area contributed by atoms with Gasteiger partial charge >= 0.3 is 0 Å². The average molecular weight is 270 g/mol. The summed E-state index contributed by atoms with van der Waals surface area (Å²) in [6.45, 7) is 4.99. The molecule has 5 nitrogen and oxygen atoms in total. The van der Waals surface area contributed by atoms with Crippen LogP contribution in [0.5, 0.6) is 5.75 Å². The smallest absolute Gasteiger partial charge is 0.217 e. The Labute approximate surface area is 118 Å². The van der Waals surface area contributed by atoms with E-state index in [9.17, 15) is 0 Å². The Morgan fingerprint density at radius 2 is 2.30 bits per heavy atom. The first kappa shape index (κ1) is 14.1. The van der Waals surface area contributed by atoms with Gasteiger partial charge in [-0.15, -0.1) is 0 Å². The number of nitrogens with zero attached hydrogens (tertiary/aromatic N) is 3. The van der Waals surface area contributed by atoms with Gasteiger partial charge in [0.25, 0.3) is 0 Å². The van der Waals surface area contributed by atoms with Crippen LogP contribution in [0, 0.1) is 11.3 Å². The van der Waals surface area contributed by atoms with Crippen molar-refractivity contribution in [3.8, 4) is 17.5 Å². The van der Waals surface area contributed by atoms with E-state index in [2.05, 4.69) is 30.2 Å². The van der Waals surface area contributed by atoms with Crippen molar-refractivity contribution in [1.29, 1.82) is 5.26 Å². The molecule has 0 saturated heterocycles. The van der Waals surface area contributed by atoms with Crippen LogP contribution >= 0.6 is 0 Å². The largest absolute Gasteiger partial charge is 0.496 e. The number of methoxy groups -OCH3 is 1. The van der Waals surface area contributed by atoms with Crippen molar-refractivity contribution in [3.63, 3.8) is 0 Å². The van der Waals surface area contributed by atoms with Crippen LogP contribution < -0.4 is 10.1 Å². The highest BCUT2D eigenvalue weighted by molar-refractivity contribution is 5.52. The molecule has 0 radical (unpaired) electrons. The highest BCUT2D eigenvalue weighted by Crippen LogP contribution is 2.31. The van der Waals surface area contributed by atoms with Crippen LogP contribution in [-0.4, -0.2) is 23.2 Å². The molecular weight excluding hydrogens is 252 g/mol. The Morgan fingerprint density at radius 3 is 2.95 bits per heavy atom. The lowest BCUT2D eigenvalue weighted by atomic mass is 10.0. The summed E-state index contributed by atoms with van der Waals surface area (Å²) >= 11 is 0. The zero-order valence-corrected chi connectivity index (χ0v) is 11.9. The molecule has 104 valence electrons. The van der Waals surface area contributed by atoms with E-state index < -0.39 is 0 Å². The van der Waals surface area contributed by atoms with E-state index in [0.717, 1.165) is 23.5 Å². The molecule has 0 spiro atoms. The van der Waals surface area contributed by atoms with Crippen LogP contribution in [0.1, 0.15) is 31.3 Å². The Morgan fingerprint density at radius 1 is 1.50 bits per heavy atom. The molecule has 0 aliphatic heterocycles. The monoisotopic (exact) mass is 270 g/mol. The van der Waals surface area contributed by atoms with Crippen LogP contribution in [0.15, 0.2) is 30.6 Å². The number of hydrogen-bond donors (Lipinski definition) is 1. The minimum atomic E-state index is 0.111. The van der Waals surface area contributed by atoms with E-state index >= 15 is 0 Å². The number of rotatable bonds is 5. The second-order valence-corrected chi connectivity index (χ2v) is 4.41. The van der Waals surface area contributed by atoms with E-state index in [0.29, 0.717) is 5.82 Å². The van der Waals surface area contributed by atoms with Gasteiger partial charge in [-0.3, -0.25) is 4.57 Å². The molecule has 1 atom stereocenters. The molecule has 1 aromatic heterocycles. The second-order valence-electron chi connectivity index (χ2n) is 4.41. The van der Waals surface area contributed by atoms with Crippen molar-refractivity contribution in [2.45, 2.75) is 19.9 Å². The minimum absolute atomic E-state index is 0.111. The van der Waals surface area contributed by atoms with Crippen LogP contribution in [0.4, 0.5) is 0 Å². The summed E-state index contributed by atoms with van der Waals surface area (Å²) in [5.41, 5.74) is 1.93.